The van der Waals surface area contributed by atoms with Crippen LogP contribution in [-0.4, -0.2) is 39.7 Å². The number of hydrogen-bond acceptors (Lipinski definition) is 4. The van der Waals surface area contributed by atoms with E-state index in [0.29, 0.717) is 6.42 Å². The number of rotatable bonds is 10. The molecule has 0 bridgehead atoms. The lowest BCUT2D eigenvalue weighted by Gasteiger charge is -2.14. The molecule has 4 N–H and O–H groups in total. The van der Waals surface area contributed by atoms with Crippen LogP contribution in [0.2, 0.25) is 0 Å². The van der Waals surface area contributed by atoms with E-state index in [1.165, 1.54) is 12.1 Å². The van der Waals surface area contributed by atoms with Gasteiger partial charge in [-0.2, -0.15) is 18.2 Å². The Bertz CT molecular complexity index is 1000. The van der Waals surface area contributed by atoms with Gasteiger partial charge >= 0.3 is 12.1 Å². The van der Waals surface area contributed by atoms with Gasteiger partial charge in [-0.3, -0.25) is 11.5 Å². The summed E-state index contributed by atoms with van der Waals surface area (Å²) in [7, 11) is 0. The van der Waals surface area contributed by atoms with E-state index >= 15 is 0 Å². The van der Waals surface area contributed by atoms with Gasteiger partial charge in [0.2, 0.25) is 5.82 Å². The van der Waals surface area contributed by atoms with E-state index in [2.05, 4.69) is 17.1 Å². The van der Waals surface area contributed by atoms with Crippen LogP contribution in [0.3, 0.4) is 0 Å². The van der Waals surface area contributed by atoms with Gasteiger partial charge in [0.15, 0.2) is 6.04 Å². The fraction of sp³-hybridized carbons (Fsp3) is 0.591. The molecular weight excluding hydrogens is 461 g/mol. The van der Waals surface area contributed by atoms with E-state index in [1.807, 2.05) is 0 Å². The van der Waals surface area contributed by atoms with Gasteiger partial charge in [0.25, 0.3) is 11.8 Å². The number of guanidine groups is 1. The molecule has 1 fully saturated rings. The Kier molecular flexibility index (Phi) is 7.98. The number of alkyl halides is 5. The summed E-state index contributed by atoms with van der Waals surface area (Å²) >= 11 is 0. The summed E-state index contributed by atoms with van der Waals surface area (Å²) in [5.41, 5.74) is 10.0. The van der Waals surface area contributed by atoms with Gasteiger partial charge in [0.05, 0.1) is 18.6 Å². The molecule has 0 spiro atoms. The largest absolute Gasteiger partial charge is 0.493 e. The van der Waals surface area contributed by atoms with Gasteiger partial charge in [0.1, 0.15) is 12.3 Å². The summed E-state index contributed by atoms with van der Waals surface area (Å²) in [6, 6.07) is 2.34. The fourth-order valence-corrected chi connectivity index (χ4v) is 3.88. The first kappa shape index (κ1) is 25.7. The highest BCUT2D eigenvalue weighted by Crippen LogP contribution is 2.40. The maximum atomic E-state index is 13.9. The van der Waals surface area contributed by atoms with Crippen LogP contribution in [0.15, 0.2) is 22.7 Å². The molecule has 1 aromatic heterocycles. The molecule has 7 nitrogen and oxygen atoms in total. The summed E-state index contributed by atoms with van der Waals surface area (Å²) in [5.74, 6) is -4.10. The normalized spacial score (nSPS) is 17.8. The second kappa shape index (κ2) is 10.6. The van der Waals surface area contributed by atoms with Gasteiger partial charge in [-0.1, -0.05) is 44.2 Å². The van der Waals surface area contributed by atoms with Crippen molar-refractivity contribution in [3.63, 3.8) is 0 Å². The Morgan fingerprint density at radius 2 is 1.88 bits per heavy atom. The average molecular weight is 490 g/mol. The second-order valence-corrected chi connectivity index (χ2v) is 8.41. The van der Waals surface area contributed by atoms with Gasteiger partial charge < -0.3 is 9.26 Å². The predicted octanol–water partition coefficient (Wildman–Crippen LogP) is 4.86. The highest BCUT2D eigenvalue weighted by atomic mass is 19.4. The second-order valence-electron chi connectivity index (χ2n) is 8.41. The Hall–Kier alpha value is -2.92. The monoisotopic (exact) mass is 490 g/mol. The summed E-state index contributed by atoms with van der Waals surface area (Å²) in [6.45, 7) is 1.56. The standard InChI is InChI=1S/C22H28F5N5O2/c1-2-3-4-5-6-7-10-33-17-9-8-14(11-15(17)22(25,26)27)18-30-19(34-31-18)16-12-21(23,24)13-32(16)20(28)29/h8-9,11,16H,2-7,10,12-13H2,1H3,(H3,28,29)/p+1/t16-/m0/s1. The maximum Gasteiger partial charge on any atom is 0.419 e. The average Bonchev–Trinajstić information content (AvgIpc) is 3.37. The number of halogens is 5. The van der Waals surface area contributed by atoms with E-state index in [-0.39, 0.29) is 35.6 Å². The van der Waals surface area contributed by atoms with Crippen molar-refractivity contribution in [2.24, 2.45) is 11.5 Å². The third-order valence-corrected chi connectivity index (χ3v) is 5.63. The third kappa shape index (κ3) is 6.35. The summed E-state index contributed by atoms with van der Waals surface area (Å²) < 4.78 is 80.2. The number of ether oxygens (including phenoxy) is 1. The first-order valence-corrected chi connectivity index (χ1v) is 11.2. The molecule has 1 atom stereocenters. The lowest BCUT2D eigenvalue weighted by Crippen LogP contribution is -2.36. The Morgan fingerprint density at radius 3 is 2.56 bits per heavy atom. The van der Waals surface area contributed by atoms with Crippen LogP contribution in [0.1, 0.15) is 69.4 Å². The molecule has 0 aliphatic carbocycles. The highest BCUT2D eigenvalue weighted by molar-refractivity contribution is 5.70. The fourth-order valence-electron chi connectivity index (χ4n) is 3.88. The minimum absolute atomic E-state index is 0.00949. The van der Waals surface area contributed by atoms with Crippen LogP contribution in [0, 0.1) is 0 Å². The first-order chi connectivity index (χ1) is 16.0. The predicted molar refractivity (Wildman–Crippen MR) is 114 cm³/mol. The smallest absolute Gasteiger partial charge is 0.419 e. The first-order valence-electron chi connectivity index (χ1n) is 11.2. The minimum atomic E-state index is -4.67. The molecule has 0 unspecified atom stereocenters. The molecule has 34 heavy (non-hydrogen) atoms. The van der Waals surface area contributed by atoms with Crippen molar-refractivity contribution in [3.8, 4) is 17.1 Å². The highest BCUT2D eigenvalue weighted by Gasteiger charge is 2.49. The van der Waals surface area contributed by atoms with E-state index < -0.39 is 36.7 Å². The quantitative estimate of drug-likeness (QED) is 0.213. The van der Waals surface area contributed by atoms with Crippen molar-refractivity contribution >= 4 is 5.96 Å². The summed E-state index contributed by atoms with van der Waals surface area (Å²) in [4.78, 5) is 4.04. The van der Waals surface area contributed by atoms with Crippen LogP contribution in [0.25, 0.3) is 11.4 Å². The zero-order chi connectivity index (χ0) is 24.9. The topological polar surface area (TPSA) is 103 Å². The van der Waals surface area contributed by atoms with E-state index in [4.69, 9.17) is 20.7 Å². The van der Waals surface area contributed by atoms with Crippen molar-refractivity contribution in [1.82, 2.24) is 10.1 Å². The molecule has 3 rings (SSSR count). The SMILES string of the molecule is CCCCCCCCOc1ccc(-c2noc([C@@H]3CC(F)(F)C[N+]3=C(N)N)n2)cc1C(F)(F)F. The van der Waals surface area contributed by atoms with Gasteiger partial charge in [-0.05, 0) is 24.6 Å². The molecule has 2 aromatic rings. The lowest BCUT2D eigenvalue weighted by molar-refractivity contribution is -0.561. The van der Waals surface area contributed by atoms with Crippen molar-refractivity contribution in [1.29, 1.82) is 0 Å². The number of benzene rings is 1. The molecule has 188 valence electrons. The van der Waals surface area contributed by atoms with Crippen molar-refractivity contribution < 1.29 is 35.8 Å². The molecule has 1 aliphatic rings. The Balaban J connectivity index is 1.76. The Labute approximate surface area is 194 Å². The van der Waals surface area contributed by atoms with Crippen molar-refractivity contribution in [3.05, 3.63) is 29.7 Å². The maximum absolute atomic E-state index is 13.9. The van der Waals surface area contributed by atoms with E-state index in [0.717, 1.165) is 42.7 Å². The number of unbranched alkanes of at least 4 members (excludes halogenated alkanes) is 5. The van der Waals surface area contributed by atoms with Crippen molar-refractivity contribution in [2.75, 3.05) is 13.2 Å². The van der Waals surface area contributed by atoms with Gasteiger partial charge in [-0.15, -0.1) is 0 Å². The molecule has 0 radical (unpaired) electrons. The number of hydrogen-bond donors (Lipinski definition) is 2. The van der Waals surface area contributed by atoms with Crippen LogP contribution in [0.5, 0.6) is 5.75 Å². The summed E-state index contributed by atoms with van der Waals surface area (Å²) in [5, 5.41) is 3.68. The molecule has 1 aliphatic heterocycles. The summed E-state index contributed by atoms with van der Waals surface area (Å²) in [6.07, 6.45) is 0.561. The molecular formula is C22H29F5N5O2+. The third-order valence-electron chi connectivity index (χ3n) is 5.63. The van der Waals surface area contributed by atoms with E-state index in [1.54, 1.807) is 0 Å². The molecule has 1 aromatic carbocycles. The van der Waals surface area contributed by atoms with Crippen LogP contribution < -0.4 is 16.2 Å². The molecule has 2 heterocycles. The van der Waals surface area contributed by atoms with E-state index in [9.17, 15) is 22.0 Å². The van der Waals surface area contributed by atoms with Crippen LogP contribution in [-0.2, 0) is 6.18 Å². The molecule has 1 saturated heterocycles. The zero-order valence-electron chi connectivity index (χ0n) is 18.9. The zero-order valence-corrected chi connectivity index (χ0v) is 18.9. The Morgan fingerprint density at radius 1 is 1.18 bits per heavy atom. The van der Waals surface area contributed by atoms with Crippen LogP contribution in [0.4, 0.5) is 22.0 Å². The molecule has 0 saturated carbocycles. The minimum Gasteiger partial charge on any atom is -0.493 e. The molecule has 12 heteroatoms. The van der Waals surface area contributed by atoms with Crippen molar-refractivity contribution in [2.45, 2.75) is 70.0 Å². The lowest BCUT2D eigenvalue weighted by atomic mass is 10.1. The van der Waals surface area contributed by atoms with Gasteiger partial charge in [0, 0.05) is 5.56 Å². The number of aromatic nitrogens is 2. The molecule has 0 amide bonds. The van der Waals surface area contributed by atoms with Crippen LogP contribution >= 0.6 is 0 Å². The number of nitrogens with zero attached hydrogens (tertiary/aromatic N) is 3. The van der Waals surface area contributed by atoms with Gasteiger partial charge in [-0.25, -0.2) is 13.4 Å². The number of nitrogens with two attached hydrogens (primary N) is 2.